The maximum atomic E-state index is 12.6. The standard InChI is InChI=1S/C23H36N2O4/c1-22(2,3)12-11-18(20(26)27)24-15-16-9-10-17-8-7-13-25(19(17)14-16)21(28)29-23(4,5)6/h9-10,14,18,24H,7-8,11-13,15H2,1-6H3,(H,26,27). The SMILES string of the molecule is CC(C)(C)CCC(NCc1ccc2c(c1)N(C(=O)OC(C)(C)C)CCC2)C(=O)O. The molecule has 2 rings (SSSR count). The zero-order valence-corrected chi connectivity index (χ0v) is 18.7. The lowest BCUT2D eigenvalue weighted by atomic mass is 9.88. The quantitative estimate of drug-likeness (QED) is 0.716. The number of aliphatic carboxylic acids is 1. The lowest BCUT2D eigenvalue weighted by Gasteiger charge is -2.32. The van der Waals surface area contributed by atoms with E-state index in [-0.39, 0.29) is 11.5 Å². The van der Waals surface area contributed by atoms with Gasteiger partial charge in [0.25, 0.3) is 0 Å². The van der Waals surface area contributed by atoms with E-state index >= 15 is 0 Å². The van der Waals surface area contributed by atoms with Crippen molar-refractivity contribution in [2.24, 2.45) is 5.41 Å². The molecule has 0 saturated carbocycles. The number of amides is 1. The summed E-state index contributed by atoms with van der Waals surface area (Å²) in [4.78, 5) is 25.9. The second-order valence-corrected chi connectivity index (χ2v) is 10.1. The summed E-state index contributed by atoms with van der Waals surface area (Å²) < 4.78 is 5.56. The molecule has 1 heterocycles. The maximum Gasteiger partial charge on any atom is 0.414 e. The van der Waals surface area contributed by atoms with Gasteiger partial charge in [-0.15, -0.1) is 0 Å². The first-order valence-electron chi connectivity index (χ1n) is 10.4. The van der Waals surface area contributed by atoms with Crippen LogP contribution >= 0.6 is 0 Å². The van der Waals surface area contributed by atoms with Crippen molar-refractivity contribution in [3.05, 3.63) is 29.3 Å². The van der Waals surface area contributed by atoms with E-state index in [0.29, 0.717) is 19.5 Å². The molecule has 0 aliphatic carbocycles. The third-order valence-corrected chi connectivity index (χ3v) is 4.92. The number of aryl methyl sites for hydroxylation is 1. The second-order valence-electron chi connectivity index (χ2n) is 10.1. The van der Waals surface area contributed by atoms with Crippen LogP contribution in [0, 0.1) is 5.41 Å². The third-order valence-electron chi connectivity index (χ3n) is 4.92. The Morgan fingerprint density at radius 1 is 1.21 bits per heavy atom. The predicted octanol–water partition coefficient (Wildman–Crippen LogP) is 4.74. The summed E-state index contributed by atoms with van der Waals surface area (Å²) in [7, 11) is 0. The number of hydrogen-bond acceptors (Lipinski definition) is 4. The number of carbonyl (C=O) groups excluding carboxylic acids is 1. The highest BCUT2D eigenvalue weighted by Gasteiger charge is 2.27. The Labute approximate surface area is 174 Å². The van der Waals surface area contributed by atoms with Gasteiger partial charge in [-0.25, -0.2) is 4.79 Å². The number of benzene rings is 1. The van der Waals surface area contributed by atoms with Gasteiger partial charge in [-0.1, -0.05) is 32.9 Å². The fraction of sp³-hybridized carbons (Fsp3) is 0.652. The number of anilines is 1. The molecule has 1 amide bonds. The van der Waals surface area contributed by atoms with Crippen LogP contribution in [0.5, 0.6) is 0 Å². The van der Waals surface area contributed by atoms with Crippen LogP contribution < -0.4 is 10.2 Å². The van der Waals surface area contributed by atoms with Crippen molar-refractivity contribution in [2.75, 3.05) is 11.4 Å². The van der Waals surface area contributed by atoms with Crippen LogP contribution in [0.3, 0.4) is 0 Å². The molecular formula is C23H36N2O4. The van der Waals surface area contributed by atoms with Gasteiger partial charge < -0.3 is 15.2 Å². The Hall–Kier alpha value is -2.08. The third kappa shape index (κ3) is 7.35. The van der Waals surface area contributed by atoms with Crippen LogP contribution in [0.2, 0.25) is 0 Å². The summed E-state index contributed by atoms with van der Waals surface area (Å²) in [6, 6.07) is 5.43. The van der Waals surface area contributed by atoms with E-state index in [1.807, 2.05) is 39.0 Å². The number of nitrogens with one attached hydrogen (secondary N) is 1. The molecule has 6 nitrogen and oxygen atoms in total. The molecule has 0 saturated heterocycles. The summed E-state index contributed by atoms with van der Waals surface area (Å²) in [5, 5.41) is 12.7. The van der Waals surface area contributed by atoms with E-state index in [2.05, 4.69) is 26.1 Å². The topological polar surface area (TPSA) is 78.9 Å². The van der Waals surface area contributed by atoms with Gasteiger partial charge in [0.1, 0.15) is 11.6 Å². The molecule has 0 aromatic heterocycles. The molecule has 1 aliphatic rings. The van der Waals surface area contributed by atoms with Crippen LogP contribution in [0.1, 0.15) is 71.9 Å². The van der Waals surface area contributed by atoms with Gasteiger partial charge in [-0.3, -0.25) is 9.69 Å². The van der Waals surface area contributed by atoms with Crippen molar-refractivity contribution < 1.29 is 19.4 Å². The average molecular weight is 405 g/mol. The number of hydrogen-bond donors (Lipinski definition) is 2. The average Bonchev–Trinajstić information content (AvgIpc) is 2.58. The van der Waals surface area contributed by atoms with E-state index in [0.717, 1.165) is 36.1 Å². The Bertz CT molecular complexity index is 731. The van der Waals surface area contributed by atoms with Gasteiger partial charge in [-0.05, 0) is 69.1 Å². The monoisotopic (exact) mass is 404 g/mol. The largest absolute Gasteiger partial charge is 0.480 e. The number of fused-ring (bicyclic) bond motifs is 1. The summed E-state index contributed by atoms with van der Waals surface area (Å²) in [5.41, 5.74) is 2.49. The molecule has 1 atom stereocenters. The Kier molecular flexibility index (Phi) is 7.33. The molecular weight excluding hydrogens is 368 g/mol. The first-order valence-corrected chi connectivity index (χ1v) is 10.4. The van der Waals surface area contributed by atoms with Crippen molar-refractivity contribution >= 4 is 17.7 Å². The molecule has 2 N–H and O–H groups in total. The Morgan fingerprint density at radius 2 is 1.90 bits per heavy atom. The number of carboxylic acid groups (broad SMARTS) is 1. The molecule has 162 valence electrons. The molecule has 0 bridgehead atoms. The van der Waals surface area contributed by atoms with Crippen molar-refractivity contribution in [3.63, 3.8) is 0 Å². The van der Waals surface area contributed by atoms with E-state index in [1.165, 1.54) is 0 Å². The van der Waals surface area contributed by atoms with Gasteiger partial charge in [0.15, 0.2) is 0 Å². The van der Waals surface area contributed by atoms with Gasteiger partial charge in [0, 0.05) is 13.1 Å². The zero-order chi connectivity index (χ0) is 21.8. The summed E-state index contributed by atoms with van der Waals surface area (Å²) in [5.74, 6) is -0.831. The summed E-state index contributed by atoms with van der Waals surface area (Å²) >= 11 is 0. The summed E-state index contributed by atoms with van der Waals surface area (Å²) in [6.07, 6.45) is 2.89. The lowest BCUT2D eigenvalue weighted by molar-refractivity contribution is -0.139. The molecule has 29 heavy (non-hydrogen) atoms. The highest BCUT2D eigenvalue weighted by atomic mass is 16.6. The minimum absolute atomic E-state index is 0.0924. The second kappa shape index (κ2) is 9.16. The van der Waals surface area contributed by atoms with E-state index in [1.54, 1.807) is 4.90 Å². The van der Waals surface area contributed by atoms with Crippen LogP contribution in [0.25, 0.3) is 0 Å². The normalized spacial score (nSPS) is 15.6. The maximum absolute atomic E-state index is 12.6. The van der Waals surface area contributed by atoms with Crippen molar-refractivity contribution in [1.29, 1.82) is 0 Å². The smallest absolute Gasteiger partial charge is 0.414 e. The van der Waals surface area contributed by atoms with E-state index in [4.69, 9.17) is 4.74 Å². The Morgan fingerprint density at radius 3 is 2.48 bits per heavy atom. The predicted molar refractivity (Wildman–Crippen MR) is 115 cm³/mol. The fourth-order valence-corrected chi connectivity index (χ4v) is 3.37. The van der Waals surface area contributed by atoms with Gasteiger partial charge >= 0.3 is 12.1 Å². The van der Waals surface area contributed by atoms with Crippen LogP contribution in [0.15, 0.2) is 18.2 Å². The number of ether oxygens (including phenoxy) is 1. The van der Waals surface area contributed by atoms with E-state index in [9.17, 15) is 14.7 Å². The van der Waals surface area contributed by atoms with Crippen LogP contribution in [0.4, 0.5) is 10.5 Å². The molecule has 6 heteroatoms. The number of rotatable bonds is 6. The lowest BCUT2D eigenvalue weighted by Crippen LogP contribution is -2.40. The molecule has 1 aromatic rings. The van der Waals surface area contributed by atoms with Crippen molar-refractivity contribution in [2.45, 2.75) is 85.4 Å². The van der Waals surface area contributed by atoms with Crippen molar-refractivity contribution in [3.8, 4) is 0 Å². The Balaban J connectivity index is 2.10. The molecule has 1 aromatic carbocycles. The molecule has 0 radical (unpaired) electrons. The number of carboxylic acids is 1. The highest BCUT2D eigenvalue weighted by molar-refractivity contribution is 5.89. The first kappa shape index (κ1) is 23.2. The van der Waals surface area contributed by atoms with Crippen LogP contribution in [-0.2, 0) is 22.5 Å². The van der Waals surface area contributed by atoms with Gasteiger partial charge in [0.2, 0.25) is 0 Å². The molecule has 0 spiro atoms. The number of carbonyl (C=O) groups is 2. The molecule has 0 fully saturated rings. The van der Waals surface area contributed by atoms with Gasteiger partial charge in [-0.2, -0.15) is 0 Å². The first-order chi connectivity index (χ1) is 13.4. The van der Waals surface area contributed by atoms with Crippen LogP contribution in [-0.4, -0.2) is 35.4 Å². The molecule has 1 aliphatic heterocycles. The van der Waals surface area contributed by atoms with E-state index < -0.39 is 17.6 Å². The highest BCUT2D eigenvalue weighted by Crippen LogP contribution is 2.30. The number of nitrogens with zero attached hydrogens (tertiary/aromatic N) is 1. The fourth-order valence-electron chi connectivity index (χ4n) is 3.37. The minimum atomic E-state index is -0.831. The minimum Gasteiger partial charge on any atom is -0.480 e. The molecule has 1 unspecified atom stereocenters. The van der Waals surface area contributed by atoms with Gasteiger partial charge in [0.05, 0.1) is 5.69 Å². The summed E-state index contributed by atoms with van der Waals surface area (Å²) in [6.45, 7) is 13.0. The zero-order valence-electron chi connectivity index (χ0n) is 18.7. The van der Waals surface area contributed by atoms with Crippen molar-refractivity contribution in [1.82, 2.24) is 5.32 Å².